The Hall–Kier alpha value is -0.620. The van der Waals surface area contributed by atoms with Gasteiger partial charge in [0.25, 0.3) is 0 Å². The van der Waals surface area contributed by atoms with E-state index in [-0.39, 0.29) is 17.9 Å². The van der Waals surface area contributed by atoms with Crippen LogP contribution in [0.2, 0.25) is 0 Å². The first kappa shape index (κ1) is 14.4. The van der Waals surface area contributed by atoms with Crippen LogP contribution in [-0.2, 0) is 18.4 Å². The minimum absolute atomic E-state index is 0.148. The fraction of sp³-hybridized carbons (Fsp3) is 0.700. The number of ketones is 1. The lowest BCUT2D eigenvalue weighted by Crippen LogP contribution is -2.16. The molecule has 4 nitrogen and oxygen atoms in total. The number of carbonyl (C=O) groups is 1. The van der Waals surface area contributed by atoms with Gasteiger partial charge in [-0.15, -0.1) is 11.8 Å². The standard InChI is InChI=1S/C10H17O4P/c1-5-6-7-9(2)10(11)8-15(12,13-3)14-4/h9H,7-8H2,1-4H3/t9-/m0/s1. The first-order chi connectivity index (χ1) is 6.99. The zero-order valence-corrected chi connectivity index (χ0v) is 10.5. The molecule has 15 heavy (non-hydrogen) atoms. The lowest BCUT2D eigenvalue weighted by Gasteiger charge is -2.14. The number of Topliss-reactive ketones (excluding diaryl/α,β-unsaturated/α-hetero) is 1. The van der Waals surface area contributed by atoms with Gasteiger partial charge in [-0.25, -0.2) is 0 Å². The largest absolute Gasteiger partial charge is 0.337 e. The summed E-state index contributed by atoms with van der Waals surface area (Å²) in [5.41, 5.74) is 0. The van der Waals surface area contributed by atoms with Gasteiger partial charge in [0, 0.05) is 26.6 Å². The van der Waals surface area contributed by atoms with Crippen molar-refractivity contribution in [3.63, 3.8) is 0 Å². The molecule has 0 aliphatic rings. The van der Waals surface area contributed by atoms with Crippen molar-refractivity contribution in [3.8, 4) is 11.8 Å². The minimum atomic E-state index is -3.22. The van der Waals surface area contributed by atoms with Crippen LogP contribution >= 0.6 is 7.60 Å². The summed E-state index contributed by atoms with van der Waals surface area (Å²) >= 11 is 0. The predicted molar refractivity (Wildman–Crippen MR) is 58.7 cm³/mol. The van der Waals surface area contributed by atoms with Crippen LogP contribution in [0.1, 0.15) is 20.3 Å². The Morgan fingerprint density at radius 3 is 2.33 bits per heavy atom. The van der Waals surface area contributed by atoms with Crippen molar-refractivity contribution in [2.24, 2.45) is 5.92 Å². The van der Waals surface area contributed by atoms with Crippen LogP contribution in [0.5, 0.6) is 0 Å². The number of rotatable bonds is 6. The van der Waals surface area contributed by atoms with E-state index in [2.05, 4.69) is 20.9 Å². The fourth-order valence-electron chi connectivity index (χ4n) is 0.919. The molecule has 0 aliphatic heterocycles. The molecule has 0 aromatic carbocycles. The van der Waals surface area contributed by atoms with Crippen LogP contribution in [0, 0.1) is 17.8 Å². The molecule has 0 aromatic rings. The third-order valence-corrected chi connectivity index (χ3v) is 3.85. The molecule has 1 atom stereocenters. The van der Waals surface area contributed by atoms with Crippen LogP contribution in [0.3, 0.4) is 0 Å². The van der Waals surface area contributed by atoms with E-state index in [0.29, 0.717) is 6.42 Å². The molecular weight excluding hydrogens is 215 g/mol. The number of hydrogen-bond donors (Lipinski definition) is 0. The smallest absolute Gasteiger partial charge is 0.312 e. The van der Waals surface area contributed by atoms with Crippen LogP contribution in [-0.4, -0.2) is 26.2 Å². The summed E-state index contributed by atoms with van der Waals surface area (Å²) in [5, 5.41) is 0. The van der Waals surface area contributed by atoms with Gasteiger partial charge in [0.1, 0.15) is 11.9 Å². The minimum Gasteiger partial charge on any atom is -0.312 e. The van der Waals surface area contributed by atoms with Crippen molar-refractivity contribution in [1.29, 1.82) is 0 Å². The normalized spacial score (nSPS) is 12.8. The Balaban J connectivity index is 4.33. The highest BCUT2D eigenvalue weighted by Crippen LogP contribution is 2.46. The SMILES string of the molecule is CC#CC[C@H](C)C(=O)CP(=O)(OC)OC. The second kappa shape index (κ2) is 6.79. The molecule has 0 spiro atoms. The molecule has 86 valence electrons. The van der Waals surface area contributed by atoms with Gasteiger partial charge in [0.2, 0.25) is 0 Å². The quantitative estimate of drug-likeness (QED) is 0.519. The topological polar surface area (TPSA) is 52.6 Å². The van der Waals surface area contributed by atoms with E-state index in [1.54, 1.807) is 13.8 Å². The Kier molecular flexibility index (Phi) is 6.51. The molecule has 0 radical (unpaired) electrons. The lowest BCUT2D eigenvalue weighted by molar-refractivity contribution is -0.120. The van der Waals surface area contributed by atoms with E-state index in [9.17, 15) is 9.36 Å². The second-order valence-electron chi connectivity index (χ2n) is 3.13. The first-order valence-corrected chi connectivity index (χ1v) is 6.34. The van der Waals surface area contributed by atoms with Crippen LogP contribution in [0.4, 0.5) is 0 Å². The molecule has 0 heterocycles. The molecular formula is C10H17O4P. The maximum absolute atomic E-state index is 11.6. The van der Waals surface area contributed by atoms with E-state index < -0.39 is 7.60 Å². The number of carbonyl (C=O) groups excluding carboxylic acids is 1. The van der Waals surface area contributed by atoms with E-state index in [1.807, 2.05) is 0 Å². The van der Waals surface area contributed by atoms with Crippen LogP contribution in [0.25, 0.3) is 0 Å². The Morgan fingerprint density at radius 2 is 1.93 bits per heavy atom. The van der Waals surface area contributed by atoms with E-state index in [1.165, 1.54) is 14.2 Å². The average molecular weight is 232 g/mol. The summed E-state index contributed by atoms with van der Waals surface area (Å²) in [4.78, 5) is 11.6. The van der Waals surface area contributed by atoms with Gasteiger partial charge in [-0.3, -0.25) is 9.36 Å². The van der Waals surface area contributed by atoms with Crippen molar-refractivity contribution in [2.75, 3.05) is 20.4 Å². The van der Waals surface area contributed by atoms with Gasteiger partial charge < -0.3 is 9.05 Å². The van der Waals surface area contributed by atoms with E-state index >= 15 is 0 Å². The van der Waals surface area contributed by atoms with Gasteiger partial charge in [0.15, 0.2) is 0 Å². The summed E-state index contributed by atoms with van der Waals surface area (Å²) in [7, 11) is -0.677. The third kappa shape index (κ3) is 5.13. The molecule has 0 N–H and O–H groups in total. The highest BCUT2D eigenvalue weighted by molar-refractivity contribution is 7.54. The van der Waals surface area contributed by atoms with Crippen molar-refractivity contribution in [3.05, 3.63) is 0 Å². The summed E-state index contributed by atoms with van der Waals surface area (Å²) in [6, 6.07) is 0. The predicted octanol–water partition coefficient (Wildman–Crippen LogP) is 2.09. The van der Waals surface area contributed by atoms with E-state index in [0.717, 1.165) is 0 Å². The molecule has 0 amide bonds. The fourth-order valence-corrected chi connectivity index (χ4v) is 2.02. The zero-order valence-electron chi connectivity index (χ0n) is 9.57. The first-order valence-electron chi connectivity index (χ1n) is 4.62. The molecule has 0 bridgehead atoms. The van der Waals surface area contributed by atoms with Crippen molar-refractivity contribution in [1.82, 2.24) is 0 Å². The Bertz CT molecular complexity index is 305. The zero-order chi connectivity index (χ0) is 11.9. The molecule has 0 aliphatic carbocycles. The summed E-state index contributed by atoms with van der Waals surface area (Å²) in [5.74, 6) is 5.13. The van der Waals surface area contributed by atoms with Gasteiger partial charge in [-0.05, 0) is 6.92 Å². The Labute approximate surface area is 90.9 Å². The van der Waals surface area contributed by atoms with E-state index in [4.69, 9.17) is 0 Å². The maximum Gasteiger partial charge on any atom is 0.337 e. The lowest BCUT2D eigenvalue weighted by atomic mass is 10.0. The number of hydrogen-bond acceptors (Lipinski definition) is 4. The molecule has 0 fully saturated rings. The molecule has 0 saturated heterocycles. The van der Waals surface area contributed by atoms with Gasteiger partial charge in [-0.2, -0.15) is 0 Å². The average Bonchev–Trinajstić information content (AvgIpc) is 2.25. The molecule has 5 heteroatoms. The summed E-state index contributed by atoms with van der Waals surface area (Å²) in [6.07, 6.45) is 0.287. The van der Waals surface area contributed by atoms with Crippen LogP contribution in [0.15, 0.2) is 0 Å². The van der Waals surface area contributed by atoms with Crippen LogP contribution < -0.4 is 0 Å². The molecule has 0 aromatic heterocycles. The third-order valence-electron chi connectivity index (χ3n) is 2.04. The molecule has 0 unspecified atom stereocenters. The van der Waals surface area contributed by atoms with Gasteiger partial charge in [0.05, 0.1) is 0 Å². The maximum atomic E-state index is 11.6. The molecule has 0 saturated carbocycles. The van der Waals surface area contributed by atoms with Crippen molar-refractivity contribution in [2.45, 2.75) is 20.3 Å². The highest BCUT2D eigenvalue weighted by Gasteiger charge is 2.27. The van der Waals surface area contributed by atoms with Gasteiger partial charge >= 0.3 is 7.60 Å². The summed E-state index contributed by atoms with van der Waals surface area (Å²) in [6.45, 7) is 3.47. The van der Waals surface area contributed by atoms with Crippen molar-refractivity contribution >= 4 is 13.4 Å². The van der Waals surface area contributed by atoms with Gasteiger partial charge in [-0.1, -0.05) is 6.92 Å². The second-order valence-corrected chi connectivity index (χ2v) is 5.40. The Morgan fingerprint density at radius 1 is 1.40 bits per heavy atom. The monoisotopic (exact) mass is 232 g/mol. The molecule has 0 rings (SSSR count). The highest BCUT2D eigenvalue weighted by atomic mass is 31.2. The van der Waals surface area contributed by atoms with Crippen molar-refractivity contribution < 1.29 is 18.4 Å². The summed E-state index contributed by atoms with van der Waals surface area (Å²) < 4.78 is 21.0.